The first-order valence-electron chi connectivity index (χ1n) is 8.83. The summed E-state index contributed by atoms with van der Waals surface area (Å²) in [5, 5.41) is 0. The van der Waals surface area contributed by atoms with E-state index in [2.05, 4.69) is 4.98 Å². The largest absolute Gasteiger partial charge is 0.490 e. The average molecular weight is 362 g/mol. The number of rotatable bonds is 4. The van der Waals surface area contributed by atoms with Crippen molar-refractivity contribution in [3.63, 3.8) is 0 Å². The van der Waals surface area contributed by atoms with Crippen LogP contribution in [-0.4, -0.2) is 28.2 Å². The predicted molar refractivity (Wildman–Crippen MR) is 91.0 cm³/mol. The van der Waals surface area contributed by atoms with Crippen LogP contribution in [0.15, 0.2) is 41.3 Å². The highest BCUT2D eigenvalue weighted by Gasteiger charge is 2.35. The van der Waals surface area contributed by atoms with Crippen molar-refractivity contribution in [2.24, 2.45) is 0 Å². The summed E-state index contributed by atoms with van der Waals surface area (Å²) in [5.41, 5.74) is 0.758. The van der Waals surface area contributed by atoms with Crippen LogP contribution in [0.1, 0.15) is 37.2 Å². The molecule has 26 heavy (non-hydrogen) atoms. The van der Waals surface area contributed by atoms with Crippen molar-refractivity contribution in [2.45, 2.75) is 50.2 Å². The van der Waals surface area contributed by atoms with Crippen LogP contribution in [0.25, 0.3) is 0 Å². The lowest BCUT2D eigenvalue weighted by molar-refractivity contribution is -0.0382. The van der Waals surface area contributed by atoms with Crippen molar-refractivity contribution in [3.8, 4) is 11.8 Å². The number of hydrogen-bond donors (Lipinski definition) is 0. The zero-order valence-electron chi connectivity index (χ0n) is 14.2. The molecule has 2 aromatic rings. The molecule has 1 aromatic heterocycles. The third kappa shape index (κ3) is 3.71. The van der Waals surface area contributed by atoms with Gasteiger partial charge in [0.1, 0.15) is 12.4 Å². The van der Waals surface area contributed by atoms with E-state index in [-0.39, 0.29) is 30.4 Å². The SMILES string of the molecule is O=c1ccn2c(n1)OC(COc1ccc(C3CCC(F)(F)CC3)cc1)C2. The highest BCUT2D eigenvalue weighted by Crippen LogP contribution is 2.41. The van der Waals surface area contributed by atoms with E-state index in [0.717, 1.165) is 5.56 Å². The summed E-state index contributed by atoms with van der Waals surface area (Å²) in [7, 11) is 0. The molecule has 1 unspecified atom stereocenters. The van der Waals surface area contributed by atoms with Crippen LogP contribution in [0.2, 0.25) is 0 Å². The minimum atomic E-state index is -2.50. The van der Waals surface area contributed by atoms with Crippen molar-refractivity contribution >= 4 is 0 Å². The Kier molecular flexibility index (Phi) is 4.38. The van der Waals surface area contributed by atoms with Crippen LogP contribution in [0.3, 0.4) is 0 Å². The molecule has 1 atom stereocenters. The molecule has 0 saturated heterocycles. The van der Waals surface area contributed by atoms with E-state index in [1.54, 1.807) is 10.8 Å². The minimum Gasteiger partial charge on any atom is -0.490 e. The monoisotopic (exact) mass is 362 g/mol. The van der Waals surface area contributed by atoms with Crippen LogP contribution in [0, 0.1) is 0 Å². The maximum atomic E-state index is 13.3. The van der Waals surface area contributed by atoms with Gasteiger partial charge in [0.25, 0.3) is 11.6 Å². The number of halogens is 2. The van der Waals surface area contributed by atoms with E-state index in [1.165, 1.54) is 6.07 Å². The molecule has 5 nitrogen and oxygen atoms in total. The van der Waals surface area contributed by atoms with Gasteiger partial charge in [-0.25, -0.2) is 8.78 Å². The first-order chi connectivity index (χ1) is 12.5. The summed E-state index contributed by atoms with van der Waals surface area (Å²) in [6.07, 6.45) is 2.43. The first-order valence-corrected chi connectivity index (χ1v) is 8.83. The van der Waals surface area contributed by atoms with E-state index < -0.39 is 5.92 Å². The second-order valence-corrected chi connectivity index (χ2v) is 6.95. The van der Waals surface area contributed by atoms with Gasteiger partial charge >= 0.3 is 0 Å². The fourth-order valence-corrected chi connectivity index (χ4v) is 3.54. The lowest BCUT2D eigenvalue weighted by Gasteiger charge is -2.28. The number of ether oxygens (including phenoxy) is 2. The molecule has 1 saturated carbocycles. The van der Waals surface area contributed by atoms with Crippen LogP contribution < -0.4 is 15.0 Å². The summed E-state index contributed by atoms with van der Waals surface area (Å²) in [6, 6.07) is 9.35. The predicted octanol–water partition coefficient (Wildman–Crippen LogP) is 3.38. The molecule has 1 aliphatic heterocycles. The molecule has 0 amide bonds. The zero-order valence-corrected chi connectivity index (χ0v) is 14.2. The Hall–Kier alpha value is -2.44. The Morgan fingerprint density at radius 3 is 2.65 bits per heavy atom. The molecule has 0 radical (unpaired) electrons. The van der Waals surface area contributed by atoms with Gasteiger partial charge in [-0.15, -0.1) is 0 Å². The number of benzene rings is 1. The van der Waals surface area contributed by atoms with E-state index in [1.807, 2.05) is 24.3 Å². The Bertz CT molecular complexity index is 825. The third-order valence-electron chi connectivity index (χ3n) is 5.03. The van der Waals surface area contributed by atoms with Crippen molar-refractivity contribution < 1.29 is 18.3 Å². The van der Waals surface area contributed by atoms with Crippen LogP contribution in [0.5, 0.6) is 11.8 Å². The third-order valence-corrected chi connectivity index (χ3v) is 5.03. The Balaban J connectivity index is 1.31. The van der Waals surface area contributed by atoms with E-state index in [4.69, 9.17) is 9.47 Å². The first kappa shape index (κ1) is 17.0. The fraction of sp³-hybridized carbons (Fsp3) is 0.474. The van der Waals surface area contributed by atoms with E-state index >= 15 is 0 Å². The van der Waals surface area contributed by atoms with Crippen LogP contribution >= 0.6 is 0 Å². The zero-order chi connectivity index (χ0) is 18.1. The molecular weight excluding hydrogens is 342 g/mol. The van der Waals surface area contributed by atoms with Gasteiger partial charge in [-0.1, -0.05) is 12.1 Å². The van der Waals surface area contributed by atoms with Gasteiger partial charge in [0.2, 0.25) is 5.92 Å². The average Bonchev–Trinajstić information content (AvgIpc) is 3.02. The van der Waals surface area contributed by atoms with Crippen molar-refractivity contribution in [2.75, 3.05) is 6.61 Å². The topological polar surface area (TPSA) is 53.4 Å². The van der Waals surface area contributed by atoms with Gasteiger partial charge in [0.05, 0.1) is 6.54 Å². The minimum absolute atomic E-state index is 0.0354. The molecule has 1 fully saturated rings. The maximum Gasteiger partial charge on any atom is 0.300 e. The van der Waals surface area contributed by atoms with E-state index in [0.29, 0.717) is 37.8 Å². The van der Waals surface area contributed by atoms with Gasteiger partial charge in [0, 0.05) is 25.1 Å². The normalized spacial score (nSPS) is 21.8. The Labute approximate surface area is 149 Å². The van der Waals surface area contributed by atoms with Gasteiger partial charge in [-0.05, 0) is 36.5 Å². The van der Waals surface area contributed by atoms with Crippen molar-refractivity contribution in [1.82, 2.24) is 9.55 Å². The fourth-order valence-electron chi connectivity index (χ4n) is 3.54. The quantitative estimate of drug-likeness (QED) is 0.837. The summed E-state index contributed by atoms with van der Waals surface area (Å²) in [6.45, 7) is 0.920. The summed E-state index contributed by atoms with van der Waals surface area (Å²) in [5.74, 6) is -1.60. The molecule has 2 aliphatic rings. The molecular formula is C19H20F2N2O3. The molecule has 138 valence electrons. The van der Waals surface area contributed by atoms with Crippen molar-refractivity contribution in [3.05, 3.63) is 52.4 Å². The highest BCUT2D eigenvalue weighted by atomic mass is 19.3. The molecule has 0 N–H and O–H groups in total. The second-order valence-electron chi connectivity index (χ2n) is 6.95. The molecule has 7 heteroatoms. The molecule has 2 heterocycles. The van der Waals surface area contributed by atoms with Gasteiger partial charge in [-0.3, -0.25) is 9.36 Å². The molecule has 0 spiro atoms. The molecule has 1 aromatic carbocycles. The molecule has 1 aliphatic carbocycles. The van der Waals surface area contributed by atoms with Gasteiger partial charge in [-0.2, -0.15) is 4.98 Å². The smallest absolute Gasteiger partial charge is 0.300 e. The Morgan fingerprint density at radius 2 is 1.92 bits per heavy atom. The number of alkyl halides is 2. The molecule has 4 rings (SSSR count). The van der Waals surface area contributed by atoms with Crippen molar-refractivity contribution in [1.29, 1.82) is 0 Å². The van der Waals surface area contributed by atoms with Crippen LogP contribution in [-0.2, 0) is 6.54 Å². The lowest BCUT2D eigenvalue weighted by Crippen LogP contribution is -2.24. The summed E-state index contributed by atoms with van der Waals surface area (Å²) in [4.78, 5) is 15.0. The second kappa shape index (κ2) is 6.70. The number of nitrogens with zero attached hydrogens (tertiary/aromatic N) is 2. The number of hydrogen-bond acceptors (Lipinski definition) is 4. The number of aromatic nitrogens is 2. The van der Waals surface area contributed by atoms with Gasteiger partial charge in [0.15, 0.2) is 6.10 Å². The number of fused-ring (bicyclic) bond motifs is 1. The highest BCUT2D eigenvalue weighted by molar-refractivity contribution is 5.30. The summed E-state index contributed by atoms with van der Waals surface area (Å²) >= 11 is 0. The maximum absolute atomic E-state index is 13.3. The Morgan fingerprint density at radius 1 is 1.19 bits per heavy atom. The van der Waals surface area contributed by atoms with Gasteiger partial charge < -0.3 is 9.47 Å². The van der Waals surface area contributed by atoms with E-state index in [9.17, 15) is 13.6 Å². The van der Waals surface area contributed by atoms with Crippen LogP contribution in [0.4, 0.5) is 8.78 Å². The standard InChI is InChI=1S/C19H20F2N2O3/c20-19(21)8-5-14(6-9-19)13-1-3-15(4-2-13)25-12-16-11-23-10-7-17(24)22-18(23)26-16/h1-4,7,10,14,16H,5-6,8-9,11-12H2. The lowest BCUT2D eigenvalue weighted by atomic mass is 9.82. The summed E-state index contributed by atoms with van der Waals surface area (Å²) < 4.78 is 39.7. The molecule has 0 bridgehead atoms.